The number of guanidine groups is 1. The Morgan fingerprint density at radius 2 is 2.24 bits per heavy atom. The number of hydrogen-bond acceptors (Lipinski definition) is 5. The summed E-state index contributed by atoms with van der Waals surface area (Å²) >= 11 is 0. The Balaban J connectivity index is 1.95. The van der Waals surface area contributed by atoms with E-state index in [9.17, 15) is 4.79 Å². The van der Waals surface area contributed by atoms with Gasteiger partial charge in [-0.2, -0.15) is 5.10 Å². The fourth-order valence-corrected chi connectivity index (χ4v) is 2.86. The molecule has 25 heavy (non-hydrogen) atoms. The predicted molar refractivity (Wildman–Crippen MR) is 97.1 cm³/mol. The first-order valence-corrected chi connectivity index (χ1v) is 8.80. The number of aliphatic imine (C=N–C) groups is 1. The maximum Gasteiger partial charge on any atom is 0.241 e. The van der Waals surface area contributed by atoms with E-state index in [2.05, 4.69) is 37.5 Å². The summed E-state index contributed by atoms with van der Waals surface area (Å²) in [7, 11) is 5.32. The molecule has 1 aromatic heterocycles. The maximum absolute atomic E-state index is 11.8. The van der Waals surface area contributed by atoms with Crippen molar-refractivity contribution in [2.75, 3.05) is 40.3 Å². The van der Waals surface area contributed by atoms with Crippen LogP contribution < -0.4 is 10.6 Å². The lowest BCUT2D eigenvalue weighted by Gasteiger charge is -2.24. The van der Waals surface area contributed by atoms with Crippen LogP contribution in [0.4, 0.5) is 0 Å². The zero-order valence-electron chi connectivity index (χ0n) is 15.7. The van der Waals surface area contributed by atoms with Crippen LogP contribution in [0.1, 0.15) is 25.6 Å². The Labute approximate surface area is 149 Å². The molecule has 1 unspecified atom stereocenters. The lowest BCUT2D eigenvalue weighted by atomic mass is 10.2. The first kappa shape index (κ1) is 19.2. The first-order chi connectivity index (χ1) is 12.0. The van der Waals surface area contributed by atoms with Crippen molar-refractivity contribution in [3.05, 3.63) is 12.2 Å². The number of nitrogens with zero attached hydrogens (tertiary/aromatic N) is 6. The van der Waals surface area contributed by atoms with Crippen LogP contribution in [-0.4, -0.2) is 82.7 Å². The fraction of sp³-hybridized carbons (Fsp3) is 0.750. The molecule has 9 nitrogen and oxygen atoms in total. The van der Waals surface area contributed by atoms with Crippen LogP contribution >= 0.6 is 0 Å². The summed E-state index contributed by atoms with van der Waals surface area (Å²) in [5, 5.41) is 10.5. The molecule has 2 heterocycles. The molecule has 1 amide bonds. The van der Waals surface area contributed by atoms with Gasteiger partial charge in [0, 0.05) is 33.7 Å². The van der Waals surface area contributed by atoms with Crippen molar-refractivity contribution in [2.24, 2.45) is 12.0 Å². The summed E-state index contributed by atoms with van der Waals surface area (Å²) in [6.45, 7) is 5.83. The summed E-state index contributed by atoms with van der Waals surface area (Å²) in [6.07, 6.45) is 3.94. The lowest BCUT2D eigenvalue weighted by molar-refractivity contribution is -0.127. The van der Waals surface area contributed by atoms with Gasteiger partial charge in [-0.25, -0.2) is 9.98 Å². The second-order valence-corrected chi connectivity index (χ2v) is 6.41. The van der Waals surface area contributed by atoms with Crippen LogP contribution in [-0.2, 0) is 18.4 Å². The van der Waals surface area contributed by atoms with Gasteiger partial charge in [-0.15, -0.1) is 0 Å². The molecule has 140 valence electrons. The Hall–Kier alpha value is -2.16. The molecule has 1 aliphatic rings. The average Bonchev–Trinajstić information content (AvgIpc) is 3.22. The van der Waals surface area contributed by atoms with E-state index in [0.29, 0.717) is 18.5 Å². The fourth-order valence-electron chi connectivity index (χ4n) is 2.86. The highest BCUT2D eigenvalue weighted by molar-refractivity contribution is 5.86. The Morgan fingerprint density at radius 3 is 2.88 bits per heavy atom. The van der Waals surface area contributed by atoms with E-state index in [4.69, 9.17) is 0 Å². The van der Waals surface area contributed by atoms with E-state index in [-0.39, 0.29) is 12.5 Å². The Morgan fingerprint density at radius 1 is 1.44 bits per heavy atom. The number of carbonyl (C=O) groups excluding carboxylic acids is 1. The van der Waals surface area contributed by atoms with E-state index >= 15 is 0 Å². The van der Waals surface area contributed by atoms with Crippen molar-refractivity contribution < 1.29 is 4.79 Å². The zero-order valence-corrected chi connectivity index (χ0v) is 15.7. The van der Waals surface area contributed by atoms with Gasteiger partial charge in [0.1, 0.15) is 18.7 Å². The highest BCUT2D eigenvalue weighted by Crippen LogP contribution is 2.15. The highest BCUT2D eigenvalue weighted by atomic mass is 16.2. The molecule has 1 aliphatic heterocycles. The first-order valence-electron chi connectivity index (χ1n) is 8.80. The summed E-state index contributed by atoms with van der Waals surface area (Å²) in [6, 6.07) is 0.511. The smallest absolute Gasteiger partial charge is 0.241 e. The van der Waals surface area contributed by atoms with E-state index in [1.807, 2.05) is 7.05 Å². The monoisotopic (exact) mass is 350 g/mol. The van der Waals surface area contributed by atoms with Gasteiger partial charge in [0.2, 0.25) is 5.91 Å². The number of likely N-dealkylation sites (tertiary alicyclic amines) is 1. The summed E-state index contributed by atoms with van der Waals surface area (Å²) < 4.78 is 1.70. The third kappa shape index (κ3) is 5.70. The molecule has 0 aliphatic carbocycles. The normalized spacial score (nSPS) is 18.4. The molecule has 0 saturated carbocycles. The van der Waals surface area contributed by atoms with E-state index in [0.717, 1.165) is 25.5 Å². The molecule has 1 fully saturated rings. The molecular formula is C16H30N8O. The number of aryl methyl sites for hydroxylation is 1. The zero-order chi connectivity index (χ0) is 18.2. The minimum absolute atomic E-state index is 0.00390. The van der Waals surface area contributed by atoms with Crippen LogP contribution in [0.2, 0.25) is 0 Å². The molecule has 1 aromatic rings. The summed E-state index contributed by atoms with van der Waals surface area (Å²) in [4.78, 5) is 24.6. The van der Waals surface area contributed by atoms with Gasteiger partial charge in [0.05, 0.1) is 6.54 Å². The highest BCUT2D eigenvalue weighted by Gasteiger charge is 2.22. The second kappa shape index (κ2) is 9.36. The van der Waals surface area contributed by atoms with Crippen molar-refractivity contribution >= 4 is 11.9 Å². The van der Waals surface area contributed by atoms with Crippen LogP contribution in [0.5, 0.6) is 0 Å². The van der Waals surface area contributed by atoms with Crippen molar-refractivity contribution in [3.63, 3.8) is 0 Å². The van der Waals surface area contributed by atoms with Crippen molar-refractivity contribution in [1.82, 2.24) is 35.2 Å². The number of likely N-dealkylation sites (N-methyl/N-ethyl adjacent to an activating group) is 2. The SMILES string of the molecule is CCN1CCCC1CNC(=NCc1ncnn1C)NCC(=O)N(C)C. The molecule has 0 radical (unpaired) electrons. The third-order valence-corrected chi connectivity index (χ3v) is 4.50. The average molecular weight is 350 g/mol. The quantitative estimate of drug-likeness (QED) is 0.505. The Kier molecular flexibility index (Phi) is 7.17. The van der Waals surface area contributed by atoms with Crippen LogP contribution in [0, 0.1) is 0 Å². The number of amides is 1. The number of aromatic nitrogens is 3. The van der Waals surface area contributed by atoms with Gasteiger partial charge in [-0.3, -0.25) is 14.4 Å². The van der Waals surface area contributed by atoms with Gasteiger partial charge >= 0.3 is 0 Å². The van der Waals surface area contributed by atoms with Gasteiger partial charge in [-0.1, -0.05) is 6.92 Å². The third-order valence-electron chi connectivity index (χ3n) is 4.50. The summed E-state index contributed by atoms with van der Waals surface area (Å²) in [5.74, 6) is 1.40. The van der Waals surface area contributed by atoms with Crippen LogP contribution in [0.15, 0.2) is 11.3 Å². The maximum atomic E-state index is 11.8. The number of hydrogen-bond donors (Lipinski definition) is 2. The van der Waals surface area contributed by atoms with Gasteiger partial charge < -0.3 is 15.5 Å². The van der Waals surface area contributed by atoms with Crippen LogP contribution in [0.25, 0.3) is 0 Å². The molecular weight excluding hydrogens is 320 g/mol. The predicted octanol–water partition coefficient (Wildman–Crippen LogP) is -0.577. The minimum atomic E-state index is 0.00390. The Bertz CT molecular complexity index is 582. The molecule has 1 atom stereocenters. The molecule has 0 spiro atoms. The van der Waals surface area contributed by atoms with Crippen LogP contribution in [0.3, 0.4) is 0 Å². The van der Waals surface area contributed by atoms with E-state index in [1.165, 1.54) is 19.2 Å². The minimum Gasteiger partial charge on any atom is -0.355 e. The van der Waals surface area contributed by atoms with Crippen molar-refractivity contribution in [3.8, 4) is 0 Å². The van der Waals surface area contributed by atoms with Gasteiger partial charge in [-0.05, 0) is 25.9 Å². The van der Waals surface area contributed by atoms with Crippen molar-refractivity contribution in [1.29, 1.82) is 0 Å². The molecule has 0 bridgehead atoms. The second-order valence-electron chi connectivity index (χ2n) is 6.41. The number of rotatable bonds is 7. The number of nitrogens with one attached hydrogen (secondary N) is 2. The summed E-state index contributed by atoms with van der Waals surface area (Å²) in [5.41, 5.74) is 0. The number of carbonyl (C=O) groups is 1. The largest absolute Gasteiger partial charge is 0.355 e. The van der Waals surface area contributed by atoms with Crippen molar-refractivity contribution in [2.45, 2.75) is 32.4 Å². The molecule has 0 aromatic carbocycles. The van der Waals surface area contributed by atoms with E-state index < -0.39 is 0 Å². The van der Waals surface area contributed by atoms with Gasteiger partial charge in [0.15, 0.2) is 5.96 Å². The molecule has 1 saturated heterocycles. The molecule has 2 N–H and O–H groups in total. The van der Waals surface area contributed by atoms with E-state index in [1.54, 1.807) is 23.7 Å². The topological polar surface area (TPSA) is 90.7 Å². The molecule has 9 heteroatoms. The van der Waals surface area contributed by atoms with Gasteiger partial charge in [0.25, 0.3) is 0 Å². The lowest BCUT2D eigenvalue weighted by Crippen LogP contribution is -2.47. The standard InChI is InChI=1S/C16H30N8O/c1-5-24-8-6-7-13(24)9-17-16(19-11-15(25)22(2)3)18-10-14-20-12-21-23(14)4/h12-13H,5-11H2,1-4H3,(H2,17,18,19). The molecule has 2 rings (SSSR count).